The number of rotatable bonds is 4. The van der Waals surface area contributed by atoms with E-state index in [4.69, 9.17) is 9.72 Å². The van der Waals surface area contributed by atoms with Gasteiger partial charge in [0, 0.05) is 43.0 Å². The number of aromatic nitrogens is 4. The van der Waals surface area contributed by atoms with Gasteiger partial charge in [-0.25, -0.2) is 18.7 Å². The van der Waals surface area contributed by atoms with Gasteiger partial charge in [-0.1, -0.05) is 0 Å². The van der Waals surface area contributed by atoms with Gasteiger partial charge in [0.05, 0.1) is 30.2 Å². The quantitative estimate of drug-likeness (QED) is 0.595. The number of nitrogens with one attached hydrogen (secondary N) is 1. The van der Waals surface area contributed by atoms with Crippen molar-refractivity contribution in [2.45, 2.75) is 56.8 Å². The fourth-order valence-electron chi connectivity index (χ4n) is 4.80. The molecule has 6 rings (SSSR count). The fourth-order valence-corrected chi connectivity index (χ4v) is 4.80. The van der Waals surface area contributed by atoms with E-state index < -0.39 is 11.6 Å². The average molecular weight is 481 g/mol. The van der Waals surface area contributed by atoms with Gasteiger partial charge >= 0.3 is 0 Å². The van der Waals surface area contributed by atoms with Crippen LogP contribution in [0.3, 0.4) is 0 Å². The number of amides is 1. The summed E-state index contributed by atoms with van der Waals surface area (Å²) in [6.07, 6.45) is 6.99. The number of benzene rings is 1. The summed E-state index contributed by atoms with van der Waals surface area (Å²) >= 11 is 0. The Bertz CT molecular complexity index is 1310. The van der Waals surface area contributed by atoms with Gasteiger partial charge in [-0.15, -0.1) is 0 Å². The standard InChI is InChI=1S/C25H26F2N6O2/c1-13-29-22-21(18-6-3-16(26)10-19(18)27)30-24(31-23(22)25(34)32(13)2)14-7-8-35-20(9-14)15-11-28-33(12-15)17-4-5-17/h3,6,10-14,17,20,29H,4-5,7-9H2,1-2H3. The van der Waals surface area contributed by atoms with Crippen LogP contribution >= 0.6 is 0 Å². The highest BCUT2D eigenvalue weighted by molar-refractivity contribution is 6.02. The molecular weight excluding hydrogens is 454 g/mol. The predicted octanol–water partition coefficient (Wildman–Crippen LogP) is 4.43. The first kappa shape index (κ1) is 22.1. The zero-order valence-electron chi connectivity index (χ0n) is 19.5. The minimum absolute atomic E-state index is 0.0944. The molecule has 3 aromatic rings. The average Bonchev–Trinajstić information content (AvgIpc) is 3.59. The zero-order valence-corrected chi connectivity index (χ0v) is 19.5. The molecule has 3 atom stereocenters. The molecule has 0 bridgehead atoms. The van der Waals surface area contributed by atoms with E-state index >= 15 is 0 Å². The highest BCUT2D eigenvalue weighted by atomic mass is 19.1. The van der Waals surface area contributed by atoms with Crippen molar-refractivity contribution in [1.29, 1.82) is 0 Å². The van der Waals surface area contributed by atoms with Gasteiger partial charge in [0.2, 0.25) is 0 Å². The number of anilines is 1. The van der Waals surface area contributed by atoms with Gasteiger partial charge in [0.1, 0.15) is 23.2 Å². The highest BCUT2D eigenvalue weighted by Gasteiger charge is 2.35. The maximum Gasteiger partial charge on any atom is 0.276 e. The number of ether oxygens (including phenoxy) is 1. The highest BCUT2D eigenvalue weighted by Crippen LogP contribution is 2.41. The third kappa shape index (κ3) is 3.95. The molecule has 3 aliphatic rings. The smallest absolute Gasteiger partial charge is 0.276 e. The first-order valence-corrected chi connectivity index (χ1v) is 12.0. The molecule has 4 heterocycles. The lowest BCUT2D eigenvalue weighted by Gasteiger charge is -2.34. The van der Waals surface area contributed by atoms with E-state index in [0.717, 1.165) is 24.5 Å². The van der Waals surface area contributed by atoms with E-state index in [2.05, 4.69) is 15.4 Å². The number of carbonyl (C=O) groups excluding carboxylic acids is 1. The maximum absolute atomic E-state index is 14.9. The Morgan fingerprint density at radius 2 is 1.94 bits per heavy atom. The Morgan fingerprint density at radius 3 is 2.71 bits per heavy atom. The van der Waals surface area contributed by atoms with E-state index in [-0.39, 0.29) is 41.0 Å². The van der Waals surface area contributed by atoms with Crippen molar-refractivity contribution in [2.24, 2.45) is 0 Å². The molecule has 3 unspecified atom stereocenters. The molecule has 0 radical (unpaired) electrons. The molecule has 2 fully saturated rings. The lowest BCUT2D eigenvalue weighted by molar-refractivity contribution is 0.00389. The normalized spacial score (nSPS) is 24.3. The minimum atomic E-state index is -0.741. The van der Waals surface area contributed by atoms with Crippen molar-refractivity contribution in [3.63, 3.8) is 0 Å². The van der Waals surface area contributed by atoms with Crippen LogP contribution in [0.4, 0.5) is 14.5 Å². The number of carbonyl (C=O) groups is 1. The van der Waals surface area contributed by atoms with Gasteiger partial charge in [0.25, 0.3) is 5.91 Å². The molecule has 1 saturated heterocycles. The first-order chi connectivity index (χ1) is 16.9. The van der Waals surface area contributed by atoms with Crippen LogP contribution in [0.25, 0.3) is 11.3 Å². The Labute approximate surface area is 201 Å². The Morgan fingerprint density at radius 1 is 1.14 bits per heavy atom. The summed E-state index contributed by atoms with van der Waals surface area (Å²) < 4.78 is 36.5. The van der Waals surface area contributed by atoms with E-state index in [1.807, 2.05) is 24.0 Å². The zero-order chi connectivity index (χ0) is 24.3. The third-order valence-electron chi connectivity index (χ3n) is 7.13. The van der Waals surface area contributed by atoms with Gasteiger partial charge in [-0.3, -0.25) is 9.48 Å². The van der Waals surface area contributed by atoms with Crippen LogP contribution in [0.15, 0.2) is 30.6 Å². The molecule has 1 amide bonds. The van der Waals surface area contributed by atoms with Crippen LogP contribution in [-0.4, -0.2) is 50.4 Å². The monoisotopic (exact) mass is 480 g/mol. The Hall–Kier alpha value is -3.40. The van der Waals surface area contributed by atoms with Crippen LogP contribution in [0.1, 0.15) is 72.5 Å². The van der Waals surface area contributed by atoms with E-state index in [1.54, 1.807) is 11.9 Å². The molecular formula is C25H26F2N6O2. The fraction of sp³-hybridized carbons (Fsp3) is 0.440. The van der Waals surface area contributed by atoms with Crippen LogP contribution < -0.4 is 5.32 Å². The summed E-state index contributed by atoms with van der Waals surface area (Å²) in [6.45, 7) is 2.33. The summed E-state index contributed by atoms with van der Waals surface area (Å²) in [5.74, 6) is -1.32. The van der Waals surface area contributed by atoms with Crippen LogP contribution in [-0.2, 0) is 4.74 Å². The van der Waals surface area contributed by atoms with Crippen molar-refractivity contribution in [3.8, 4) is 11.3 Å². The first-order valence-electron chi connectivity index (χ1n) is 12.0. The van der Waals surface area contributed by atoms with Gasteiger partial charge in [-0.2, -0.15) is 5.10 Å². The molecule has 1 aromatic carbocycles. The number of hydrogen-bond acceptors (Lipinski definition) is 6. The molecule has 1 saturated carbocycles. The third-order valence-corrected chi connectivity index (χ3v) is 7.13. The number of nitrogens with zero attached hydrogens (tertiary/aromatic N) is 5. The SMILES string of the molecule is CC1Nc2c(nc(C3CCOC(c4cnn(C5CC5)c4)C3)nc2-c2ccc(F)cc2F)C(=O)N1C. The van der Waals surface area contributed by atoms with Crippen molar-refractivity contribution in [3.05, 3.63) is 59.3 Å². The lowest BCUT2D eigenvalue weighted by Crippen LogP contribution is -2.45. The molecule has 0 spiro atoms. The number of hydrogen-bond donors (Lipinski definition) is 1. The molecule has 1 N–H and O–H groups in total. The predicted molar refractivity (Wildman–Crippen MR) is 124 cm³/mol. The van der Waals surface area contributed by atoms with E-state index in [0.29, 0.717) is 37.0 Å². The summed E-state index contributed by atoms with van der Waals surface area (Å²) in [5, 5.41) is 7.70. The second kappa shape index (κ2) is 8.37. The Balaban J connectivity index is 1.40. The molecule has 8 nitrogen and oxygen atoms in total. The number of halogens is 2. The van der Waals surface area contributed by atoms with Gasteiger partial charge < -0.3 is 15.0 Å². The summed E-state index contributed by atoms with van der Waals surface area (Å²) in [5.41, 5.74) is 1.96. The molecule has 2 aromatic heterocycles. The van der Waals surface area contributed by atoms with Crippen molar-refractivity contribution >= 4 is 11.6 Å². The van der Waals surface area contributed by atoms with Crippen molar-refractivity contribution in [1.82, 2.24) is 24.6 Å². The van der Waals surface area contributed by atoms with Crippen LogP contribution in [0.5, 0.6) is 0 Å². The molecule has 2 aliphatic heterocycles. The van der Waals surface area contributed by atoms with Crippen molar-refractivity contribution < 1.29 is 18.3 Å². The molecule has 35 heavy (non-hydrogen) atoms. The molecule has 10 heteroatoms. The topological polar surface area (TPSA) is 85.2 Å². The van der Waals surface area contributed by atoms with Gasteiger partial charge in [0.15, 0.2) is 5.69 Å². The van der Waals surface area contributed by atoms with Crippen molar-refractivity contribution in [2.75, 3.05) is 19.0 Å². The minimum Gasteiger partial charge on any atom is -0.373 e. The van der Waals surface area contributed by atoms with E-state index in [1.165, 1.54) is 12.1 Å². The van der Waals surface area contributed by atoms with Gasteiger partial charge in [-0.05, 0) is 44.7 Å². The summed E-state index contributed by atoms with van der Waals surface area (Å²) in [6, 6.07) is 3.85. The lowest BCUT2D eigenvalue weighted by atomic mass is 9.91. The largest absolute Gasteiger partial charge is 0.373 e. The second-order valence-corrected chi connectivity index (χ2v) is 9.58. The van der Waals surface area contributed by atoms with Crippen LogP contribution in [0, 0.1) is 11.6 Å². The van der Waals surface area contributed by atoms with Crippen LogP contribution in [0.2, 0.25) is 0 Å². The van der Waals surface area contributed by atoms with E-state index in [9.17, 15) is 13.6 Å². The number of fused-ring (bicyclic) bond motifs is 1. The summed E-state index contributed by atoms with van der Waals surface area (Å²) in [7, 11) is 1.69. The molecule has 1 aliphatic carbocycles. The summed E-state index contributed by atoms with van der Waals surface area (Å²) in [4.78, 5) is 24.1. The molecule has 182 valence electrons. The Kier molecular flexibility index (Phi) is 5.28. The second-order valence-electron chi connectivity index (χ2n) is 9.58. The maximum atomic E-state index is 14.9.